The second-order valence-electron chi connectivity index (χ2n) is 8.48. The summed E-state index contributed by atoms with van der Waals surface area (Å²) in [6.45, 7) is 3.24. The predicted octanol–water partition coefficient (Wildman–Crippen LogP) is 4.17. The molecule has 0 radical (unpaired) electrons. The Morgan fingerprint density at radius 2 is 1.70 bits per heavy atom. The number of hydrogen-bond acceptors (Lipinski definition) is 3. The minimum atomic E-state index is -0.390. The van der Waals surface area contributed by atoms with Crippen LogP contribution in [0.4, 0.5) is 4.79 Å². The van der Waals surface area contributed by atoms with Gasteiger partial charge >= 0.3 is 6.09 Å². The summed E-state index contributed by atoms with van der Waals surface area (Å²) >= 11 is 0. The number of benzene rings is 2. The van der Waals surface area contributed by atoms with Crippen LogP contribution in [0, 0.1) is 5.41 Å². The lowest BCUT2D eigenvalue weighted by Gasteiger charge is -2.46. The first-order valence-corrected chi connectivity index (χ1v) is 9.85. The molecular weight excluding hydrogens is 338 g/mol. The van der Waals surface area contributed by atoms with E-state index < -0.39 is 5.54 Å². The maximum Gasteiger partial charge on any atom is 0.410 e. The minimum Gasteiger partial charge on any atom is -0.448 e. The molecule has 1 amide bonds. The summed E-state index contributed by atoms with van der Waals surface area (Å²) in [5, 5.41) is 9.88. The van der Waals surface area contributed by atoms with Crippen LogP contribution in [0.3, 0.4) is 0 Å². The SMILES string of the molecule is CCC12CN(C(=O)OCC3c4ccccc4-c4ccccc43)C(CO)(C1)C2. The van der Waals surface area contributed by atoms with Crippen LogP contribution in [0.2, 0.25) is 0 Å². The van der Waals surface area contributed by atoms with Crippen LogP contribution < -0.4 is 0 Å². The first-order chi connectivity index (χ1) is 13.1. The van der Waals surface area contributed by atoms with E-state index in [4.69, 9.17) is 4.74 Å². The van der Waals surface area contributed by atoms with Crippen molar-refractivity contribution in [3.8, 4) is 11.1 Å². The summed E-state index contributed by atoms with van der Waals surface area (Å²) in [5.41, 5.74) is 4.70. The monoisotopic (exact) mass is 363 g/mol. The highest BCUT2D eigenvalue weighted by atomic mass is 16.6. The molecule has 2 saturated heterocycles. The zero-order chi connectivity index (χ0) is 18.6. The van der Waals surface area contributed by atoms with Gasteiger partial charge in [0.15, 0.2) is 0 Å². The van der Waals surface area contributed by atoms with Gasteiger partial charge in [0.05, 0.1) is 12.1 Å². The first-order valence-electron chi connectivity index (χ1n) is 9.85. The second-order valence-corrected chi connectivity index (χ2v) is 8.48. The highest BCUT2D eigenvalue weighted by Gasteiger charge is 2.65. The van der Waals surface area contributed by atoms with Crippen molar-refractivity contribution < 1.29 is 14.6 Å². The van der Waals surface area contributed by atoms with Crippen molar-refractivity contribution in [1.29, 1.82) is 0 Å². The number of carbonyl (C=O) groups is 1. The van der Waals surface area contributed by atoms with Crippen molar-refractivity contribution in [2.45, 2.75) is 37.6 Å². The van der Waals surface area contributed by atoms with E-state index in [1.165, 1.54) is 22.3 Å². The average molecular weight is 363 g/mol. The zero-order valence-electron chi connectivity index (χ0n) is 15.6. The molecule has 3 fully saturated rings. The zero-order valence-corrected chi connectivity index (χ0v) is 15.6. The Labute approximate surface area is 159 Å². The van der Waals surface area contributed by atoms with Gasteiger partial charge in [-0.1, -0.05) is 55.5 Å². The lowest BCUT2D eigenvalue weighted by Crippen LogP contribution is -2.53. The number of carbonyl (C=O) groups excluding carboxylic acids is 1. The van der Waals surface area contributed by atoms with E-state index in [0.717, 1.165) is 19.3 Å². The Morgan fingerprint density at radius 1 is 1.11 bits per heavy atom. The molecule has 2 aromatic rings. The highest BCUT2D eigenvalue weighted by Crippen LogP contribution is 2.61. The van der Waals surface area contributed by atoms with Gasteiger partial charge in [-0.2, -0.15) is 0 Å². The van der Waals surface area contributed by atoms with Crippen molar-refractivity contribution >= 4 is 6.09 Å². The van der Waals surface area contributed by atoms with Gasteiger partial charge in [-0.3, -0.25) is 4.90 Å². The van der Waals surface area contributed by atoms with Gasteiger partial charge in [0.1, 0.15) is 6.61 Å². The van der Waals surface area contributed by atoms with Gasteiger partial charge in [0, 0.05) is 12.5 Å². The molecule has 0 atom stereocenters. The summed E-state index contributed by atoms with van der Waals surface area (Å²) in [7, 11) is 0. The lowest BCUT2D eigenvalue weighted by molar-refractivity contribution is 0.00189. The molecule has 2 bridgehead atoms. The number of aliphatic hydroxyl groups is 1. The summed E-state index contributed by atoms with van der Waals surface area (Å²) in [6.07, 6.45) is 2.56. The van der Waals surface area contributed by atoms with Crippen LogP contribution >= 0.6 is 0 Å². The Balaban J connectivity index is 1.36. The highest BCUT2D eigenvalue weighted by molar-refractivity contribution is 5.79. The largest absolute Gasteiger partial charge is 0.448 e. The number of rotatable bonds is 4. The number of aliphatic hydroxyl groups excluding tert-OH is 1. The molecule has 1 saturated carbocycles. The number of amides is 1. The van der Waals surface area contributed by atoms with Crippen LogP contribution in [0.25, 0.3) is 11.1 Å². The van der Waals surface area contributed by atoms with E-state index in [2.05, 4.69) is 43.3 Å². The number of nitrogens with zero attached hydrogens (tertiary/aromatic N) is 1. The summed E-state index contributed by atoms with van der Waals surface area (Å²) in [5.74, 6) is 0.0733. The van der Waals surface area contributed by atoms with E-state index in [9.17, 15) is 9.90 Å². The first kappa shape index (κ1) is 16.8. The predicted molar refractivity (Wildman–Crippen MR) is 104 cm³/mol. The Kier molecular flexibility index (Phi) is 3.63. The maximum atomic E-state index is 12.9. The third-order valence-electron chi connectivity index (χ3n) is 7.07. The maximum absolute atomic E-state index is 12.9. The fourth-order valence-electron chi connectivity index (χ4n) is 5.64. The van der Waals surface area contributed by atoms with E-state index in [1.54, 1.807) is 4.90 Å². The van der Waals surface area contributed by atoms with Crippen molar-refractivity contribution in [1.82, 2.24) is 4.90 Å². The van der Waals surface area contributed by atoms with Crippen LogP contribution in [-0.2, 0) is 4.74 Å². The second kappa shape index (κ2) is 5.83. The third kappa shape index (κ3) is 2.29. The van der Waals surface area contributed by atoms with Crippen molar-refractivity contribution in [2.24, 2.45) is 5.41 Å². The molecule has 2 aliphatic heterocycles. The van der Waals surface area contributed by atoms with E-state index in [-0.39, 0.29) is 24.0 Å². The third-order valence-corrected chi connectivity index (χ3v) is 7.07. The summed E-state index contributed by atoms with van der Waals surface area (Å²) in [4.78, 5) is 14.7. The van der Waals surface area contributed by atoms with Gasteiger partial charge in [-0.15, -0.1) is 0 Å². The molecular formula is C23H25NO3. The summed E-state index contributed by atoms with van der Waals surface area (Å²) in [6, 6.07) is 16.7. The topological polar surface area (TPSA) is 49.8 Å². The fraction of sp³-hybridized carbons (Fsp3) is 0.435. The normalized spacial score (nSPS) is 27.9. The smallest absolute Gasteiger partial charge is 0.410 e. The quantitative estimate of drug-likeness (QED) is 0.887. The van der Waals surface area contributed by atoms with E-state index >= 15 is 0 Å². The molecule has 0 spiro atoms. The van der Waals surface area contributed by atoms with Crippen molar-refractivity contribution in [3.05, 3.63) is 59.7 Å². The van der Waals surface area contributed by atoms with Gasteiger partial charge < -0.3 is 9.84 Å². The van der Waals surface area contributed by atoms with Crippen molar-refractivity contribution in [3.63, 3.8) is 0 Å². The minimum absolute atomic E-state index is 0.0267. The number of hydrogen-bond donors (Lipinski definition) is 1. The van der Waals surface area contributed by atoms with Crippen molar-refractivity contribution in [2.75, 3.05) is 19.8 Å². The number of ether oxygens (including phenoxy) is 1. The Bertz CT molecular complexity index is 855. The lowest BCUT2D eigenvalue weighted by atomic mass is 9.61. The number of fused-ring (bicyclic) bond motifs is 4. The summed E-state index contributed by atoms with van der Waals surface area (Å²) < 4.78 is 5.81. The molecule has 27 heavy (non-hydrogen) atoms. The van der Waals surface area contributed by atoms with Crippen LogP contribution in [0.15, 0.2) is 48.5 Å². The van der Waals surface area contributed by atoms with Crippen LogP contribution in [0.5, 0.6) is 0 Å². The molecule has 2 aliphatic carbocycles. The molecule has 140 valence electrons. The molecule has 2 aromatic carbocycles. The van der Waals surface area contributed by atoms with Gasteiger partial charge in [0.2, 0.25) is 0 Å². The fourth-order valence-corrected chi connectivity index (χ4v) is 5.64. The Morgan fingerprint density at radius 3 is 2.26 bits per heavy atom. The van der Waals surface area contributed by atoms with E-state index in [1.807, 2.05) is 12.1 Å². The molecule has 4 nitrogen and oxygen atoms in total. The molecule has 2 heterocycles. The van der Waals surface area contributed by atoms with Crippen LogP contribution in [-0.4, -0.2) is 41.4 Å². The Hall–Kier alpha value is -2.33. The molecule has 1 N–H and O–H groups in total. The van der Waals surface area contributed by atoms with E-state index in [0.29, 0.717) is 13.2 Å². The average Bonchev–Trinajstić information content (AvgIpc) is 3.31. The molecule has 0 aromatic heterocycles. The molecule has 6 rings (SSSR count). The molecule has 4 heteroatoms. The molecule has 0 unspecified atom stereocenters. The van der Waals surface area contributed by atoms with Gasteiger partial charge in [0.25, 0.3) is 0 Å². The van der Waals surface area contributed by atoms with Gasteiger partial charge in [-0.05, 0) is 46.9 Å². The standard InChI is InChI=1S/C23H25NO3/c1-2-22-12-23(13-22,15-25)24(14-22)21(26)27-11-20-18-9-5-3-7-16(18)17-8-4-6-10-19(17)20/h3-10,20,25H,2,11-15H2,1H3. The van der Waals surface area contributed by atoms with Crippen LogP contribution in [0.1, 0.15) is 43.2 Å². The van der Waals surface area contributed by atoms with Gasteiger partial charge in [-0.25, -0.2) is 4.79 Å². The molecule has 4 aliphatic rings.